The summed E-state index contributed by atoms with van der Waals surface area (Å²) in [4.78, 5) is 7.05. The summed E-state index contributed by atoms with van der Waals surface area (Å²) in [5, 5.41) is 22.4. The summed E-state index contributed by atoms with van der Waals surface area (Å²) in [5.41, 5.74) is 28.3. The van der Waals surface area contributed by atoms with Crippen LogP contribution >= 0.6 is 39.1 Å². The molecule has 0 fully saturated rings. The third-order valence-corrected chi connectivity index (χ3v) is 28.4. The molecule has 6 nitrogen and oxygen atoms in total. The van der Waals surface area contributed by atoms with E-state index in [1.807, 2.05) is 48.5 Å². The van der Waals surface area contributed by atoms with E-state index in [9.17, 15) is 0 Å². The molecule has 0 N–H and O–H groups in total. The van der Waals surface area contributed by atoms with Crippen LogP contribution < -0.4 is 14.7 Å². The minimum atomic E-state index is 0.731. The molecule has 141 heavy (non-hydrogen) atoms. The molecule has 0 unspecified atom stereocenters. The lowest BCUT2D eigenvalue weighted by molar-refractivity contribution is 0.669. The Morgan fingerprint density at radius 2 is 0.390 bits per heavy atom. The zero-order chi connectivity index (χ0) is 94.0. The lowest BCUT2D eigenvalue weighted by Crippen LogP contribution is -2.10. The van der Waals surface area contributed by atoms with Crippen molar-refractivity contribution >= 4 is 221 Å². The predicted molar refractivity (Wildman–Crippen MR) is 601 cm³/mol. The summed E-state index contributed by atoms with van der Waals surface area (Å²) in [7, 11) is 0. The Labute approximate surface area is 833 Å². The van der Waals surface area contributed by atoms with Gasteiger partial charge >= 0.3 is 0 Å². The number of anilines is 9. The fourth-order valence-corrected chi connectivity index (χ4v) is 21.1. The Kier molecular flexibility index (Phi) is 22.2. The van der Waals surface area contributed by atoms with Crippen molar-refractivity contribution in [3.63, 3.8) is 0 Å². The topological polar surface area (TPSA) is 49.1 Å². The molecule has 3 aromatic heterocycles. The maximum atomic E-state index is 7.05. The molecule has 0 spiro atoms. The average molecular weight is 1910 g/mol. The van der Waals surface area contributed by atoms with Gasteiger partial charge in [-0.15, -0.1) is 0 Å². The third-order valence-electron chi connectivity index (χ3n) is 27.3. The molecule has 666 valence electrons. The SMILES string of the molecule is Clc1ccc(-c2ccc(Br)cc2)cc1.Clc1ccc(-c2ccc(N(c3ccc(-c4ccccc4)cc3)c3cc4ccccc4c4c3oc3ccc5ccccc5c34)cc2)cc1.c1ccc(-c2ccc(N(c3ccc(-c4ccc(N(c5ccc(-c6ccccc6)cc5)c5cc6ccccc6c6c5oc5ccc7ccccc7c56)cc4)cc3)c3cc4oc5ccc6ccccc6c5c4c4ccccc34)cc2)cc1. The lowest BCUT2D eigenvalue weighted by atomic mass is 9.97. The van der Waals surface area contributed by atoms with E-state index in [0.29, 0.717) is 0 Å². The number of hydrogen-bond donors (Lipinski definition) is 0. The molecule has 0 aliphatic rings. The summed E-state index contributed by atoms with van der Waals surface area (Å²) in [5.74, 6) is 0. The fraction of sp³-hybridized carbons (Fsp3) is 0. The van der Waals surface area contributed by atoms with Gasteiger partial charge in [-0.3, -0.25) is 0 Å². The molecule has 0 radical (unpaired) electrons. The number of furan rings is 3. The Hall–Kier alpha value is -17.3. The van der Waals surface area contributed by atoms with Crippen LogP contribution in [0, 0.1) is 0 Å². The smallest absolute Gasteiger partial charge is 0.160 e. The molecule has 0 saturated heterocycles. The summed E-state index contributed by atoms with van der Waals surface area (Å²) in [6.07, 6.45) is 0. The molecule has 0 saturated carbocycles. The van der Waals surface area contributed by atoms with Crippen LogP contribution in [-0.2, 0) is 0 Å². The van der Waals surface area contributed by atoms with Crippen molar-refractivity contribution in [1.29, 1.82) is 0 Å². The van der Waals surface area contributed by atoms with Gasteiger partial charge in [0.1, 0.15) is 22.3 Å². The second kappa shape index (κ2) is 36.6. The number of hydrogen-bond acceptors (Lipinski definition) is 6. The van der Waals surface area contributed by atoms with Crippen LogP contribution in [0.3, 0.4) is 0 Å². The van der Waals surface area contributed by atoms with Crippen molar-refractivity contribution < 1.29 is 13.3 Å². The van der Waals surface area contributed by atoms with E-state index in [-0.39, 0.29) is 0 Å². The van der Waals surface area contributed by atoms with Gasteiger partial charge in [-0.25, -0.2) is 0 Å². The van der Waals surface area contributed by atoms with Crippen molar-refractivity contribution in [3.05, 3.63) is 524 Å². The normalized spacial score (nSPS) is 11.5. The standard InChI is InChI=1S/C76H48N2O2.C44H28ClNO.C12H8BrCl/c1-3-15-49(16-4-1)51-27-37-58(38-28-51)77(67-48-71-74(66-26-14-13-25-65(66)67)72-62-22-10-7-19-55(62)35-45-69(72)79-71)59-39-31-53(32-40-59)54-33-43-61(44-34-54)78(60-41-29-52(30-42-60)50-17-5-2-6-18-50)68-47-57-21-9-12-24-64(57)75-73-63-23-11-8-20-56(63)36-46-70(73)80-76(68)75;45-35-21-14-30(15-22-35)32-18-25-37(26-19-32)46(36-23-16-31(17-24-36)29-8-2-1-3-9-29)40-28-34-11-5-7-13-39(34)43-42-38-12-6-4-10-33(38)20-27-41(42)47-44(40)43;13-11-5-1-9(2-6-11)10-3-7-12(14)8-4-10/h1-48H;1-28H;1-8H. The highest BCUT2D eigenvalue weighted by atomic mass is 79.9. The zero-order valence-electron chi connectivity index (χ0n) is 76.2. The molecule has 0 bridgehead atoms. The van der Waals surface area contributed by atoms with Crippen LogP contribution in [0.2, 0.25) is 10.0 Å². The molecule has 3 heterocycles. The average Bonchev–Trinajstić information content (AvgIpc) is 1.60. The predicted octanol–water partition coefficient (Wildman–Crippen LogP) is 40.2. The minimum Gasteiger partial charge on any atom is -0.456 e. The second-order valence-corrected chi connectivity index (χ2v) is 37.4. The molecule has 27 aromatic rings. The monoisotopic (exact) mass is 1910 g/mol. The molecular weight excluding hydrogens is 1830 g/mol. The minimum absolute atomic E-state index is 0.731. The van der Waals surface area contributed by atoms with Crippen molar-refractivity contribution in [1.82, 2.24) is 0 Å². The third kappa shape index (κ3) is 16.1. The van der Waals surface area contributed by atoms with E-state index in [1.165, 1.54) is 76.5 Å². The van der Waals surface area contributed by atoms with Crippen LogP contribution in [0.4, 0.5) is 51.2 Å². The molecule has 27 rings (SSSR count). The van der Waals surface area contributed by atoms with Crippen molar-refractivity contribution in [2.24, 2.45) is 0 Å². The van der Waals surface area contributed by atoms with E-state index in [0.717, 1.165) is 186 Å². The van der Waals surface area contributed by atoms with Gasteiger partial charge in [-0.1, -0.05) is 403 Å². The zero-order valence-corrected chi connectivity index (χ0v) is 79.3. The van der Waals surface area contributed by atoms with Gasteiger partial charge in [0.2, 0.25) is 0 Å². The van der Waals surface area contributed by atoms with Gasteiger partial charge < -0.3 is 28.0 Å². The number of benzene rings is 24. The van der Waals surface area contributed by atoms with Crippen LogP contribution in [0.1, 0.15) is 0 Å². The van der Waals surface area contributed by atoms with Crippen LogP contribution in [0.15, 0.2) is 527 Å². The number of rotatable bonds is 15. The van der Waals surface area contributed by atoms with Crippen LogP contribution in [-0.4, -0.2) is 0 Å². The Balaban J connectivity index is 0.000000143. The first kappa shape index (κ1) is 85.4. The number of fused-ring (bicyclic) bond motifs is 21. The summed E-state index contributed by atoms with van der Waals surface area (Å²) < 4.78 is 21.8. The molecule has 24 aromatic carbocycles. The molecule has 0 amide bonds. The Bertz CT molecular complexity index is 9350. The van der Waals surface area contributed by atoms with Gasteiger partial charge in [-0.2, -0.15) is 0 Å². The summed E-state index contributed by atoms with van der Waals surface area (Å²) in [6.45, 7) is 0. The second-order valence-electron chi connectivity index (χ2n) is 35.6. The van der Waals surface area contributed by atoms with Crippen molar-refractivity contribution in [2.45, 2.75) is 0 Å². The maximum absolute atomic E-state index is 7.05. The molecule has 0 aliphatic heterocycles. The highest BCUT2D eigenvalue weighted by molar-refractivity contribution is 9.10. The molecule has 9 heteroatoms. The largest absolute Gasteiger partial charge is 0.456 e. The maximum Gasteiger partial charge on any atom is 0.160 e. The fourth-order valence-electron chi connectivity index (χ4n) is 20.6. The summed E-state index contributed by atoms with van der Waals surface area (Å²) >= 11 is 15.4. The number of halogens is 3. The molecule has 0 aliphatic carbocycles. The van der Waals surface area contributed by atoms with E-state index in [4.69, 9.17) is 36.5 Å². The van der Waals surface area contributed by atoms with Gasteiger partial charge in [0, 0.05) is 92.4 Å². The van der Waals surface area contributed by atoms with Crippen molar-refractivity contribution in [2.75, 3.05) is 14.7 Å². The van der Waals surface area contributed by atoms with E-state index in [2.05, 4.69) is 492 Å². The Morgan fingerprint density at radius 3 is 0.709 bits per heavy atom. The first-order chi connectivity index (χ1) is 69.6. The van der Waals surface area contributed by atoms with Gasteiger partial charge in [0.05, 0.1) is 17.1 Å². The first-order valence-electron chi connectivity index (χ1n) is 47.4. The van der Waals surface area contributed by atoms with Crippen molar-refractivity contribution in [3.8, 4) is 66.8 Å². The highest BCUT2D eigenvalue weighted by Gasteiger charge is 2.28. The molecular formula is C132H84BrCl2N3O3. The van der Waals surface area contributed by atoms with Crippen LogP contribution in [0.5, 0.6) is 0 Å². The van der Waals surface area contributed by atoms with E-state index in [1.54, 1.807) is 0 Å². The lowest BCUT2D eigenvalue weighted by Gasteiger charge is -2.27. The quantitative estimate of drug-likeness (QED) is 0.102. The van der Waals surface area contributed by atoms with Gasteiger partial charge in [0.25, 0.3) is 0 Å². The number of nitrogens with zero attached hydrogens (tertiary/aromatic N) is 3. The molecule has 0 atom stereocenters. The highest BCUT2D eigenvalue weighted by Crippen LogP contribution is 2.53. The first-order valence-corrected chi connectivity index (χ1v) is 48.9. The van der Waals surface area contributed by atoms with E-state index >= 15 is 0 Å². The Morgan fingerprint density at radius 1 is 0.163 bits per heavy atom. The van der Waals surface area contributed by atoms with Crippen LogP contribution in [0.25, 0.3) is 197 Å². The van der Waals surface area contributed by atoms with Gasteiger partial charge in [-0.05, 0) is 266 Å². The van der Waals surface area contributed by atoms with Gasteiger partial charge in [0.15, 0.2) is 11.2 Å². The van der Waals surface area contributed by atoms with E-state index < -0.39 is 0 Å². The summed E-state index contributed by atoms with van der Waals surface area (Å²) in [6, 6.07) is 180.